The van der Waals surface area contributed by atoms with Gasteiger partial charge >= 0.3 is 11.9 Å². The van der Waals surface area contributed by atoms with Crippen LogP contribution < -0.4 is 14.2 Å². The first kappa shape index (κ1) is 28.9. The number of rotatable bonds is 5. The Labute approximate surface area is 234 Å². The van der Waals surface area contributed by atoms with E-state index < -0.39 is 24.0 Å². The molecular formula is C32H36O8. The van der Waals surface area contributed by atoms with Crippen LogP contribution in [0.4, 0.5) is 0 Å². The van der Waals surface area contributed by atoms with E-state index in [1.54, 1.807) is 37.3 Å². The van der Waals surface area contributed by atoms with E-state index in [9.17, 15) is 19.5 Å². The largest absolute Gasteiger partial charge is 0.507 e. The van der Waals surface area contributed by atoms with Gasteiger partial charge in [0.1, 0.15) is 29.5 Å². The summed E-state index contributed by atoms with van der Waals surface area (Å²) >= 11 is 0. The van der Waals surface area contributed by atoms with Gasteiger partial charge in [-0.3, -0.25) is 9.59 Å². The molecule has 0 amide bonds. The Morgan fingerprint density at radius 3 is 2.65 bits per heavy atom. The van der Waals surface area contributed by atoms with Gasteiger partial charge in [0.25, 0.3) is 0 Å². The molecule has 0 saturated carbocycles. The molecule has 0 aromatic heterocycles. The molecule has 0 radical (unpaired) electrons. The zero-order valence-electron chi connectivity index (χ0n) is 23.3. The standard InChI is InChI=1S/C32H36O8/c1-19(2)18-38-25-14-13-21(15-26(25)37-4)24-17-28(34)40-27-16-22-10-6-5-7-11-23(33)12-8-9-20(3)39-32(36)29(22)31(35)30(24)27/h6,10,13-16,20,24,35H,1,5,7-9,11-12,17-18H2,2-4H3/b10-6+. The van der Waals surface area contributed by atoms with Crippen molar-refractivity contribution in [3.63, 3.8) is 0 Å². The highest BCUT2D eigenvalue weighted by atomic mass is 16.5. The van der Waals surface area contributed by atoms with E-state index in [1.807, 2.05) is 13.0 Å². The number of phenolic OH excluding ortho intramolecular Hbond substituents is 1. The minimum atomic E-state index is -0.674. The van der Waals surface area contributed by atoms with Crippen LogP contribution in [0.5, 0.6) is 23.0 Å². The Morgan fingerprint density at radius 2 is 1.90 bits per heavy atom. The first-order valence-electron chi connectivity index (χ1n) is 13.6. The molecule has 0 saturated heterocycles. The molecule has 0 bridgehead atoms. The second-order valence-electron chi connectivity index (χ2n) is 10.4. The van der Waals surface area contributed by atoms with Gasteiger partial charge in [0.15, 0.2) is 11.5 Å². The summed E-state index contributed by atoms with van der Waals surface area (Å²) in [5, 5.41) is 11.6. The lowest BCUT2D eigenvalue weighted by Crippen LogP contribution is -2.23. The summed E-state index contributed by atoms with van der Waals surface area (Å²) in [5.41, 5.74) is 2.28. The van der Waals surface area contributed by atoms with Crippen molar-refractivity contribution in [2.24, 2.45) is 0 Å². The smallest absolute Gasteiger partial charge is 0.342 e. The molecule has 1 N–H and O–H groups in total. The number of hydrogen-bond donors (Lipinski definition) is 1. The van der Waals surface area contributed by atoms with Crippen molar-refractivity contribution in [2.45, 2.75) is 70.8 Å². The van der Waals surface area contributed by atoms with Crippen molar-refractivity contribution in [1.82, 2.24) is 0 Å². The third-order valence-corrected chi connectivity index (χ3v) is 7.04. The molecule has 2 atom stereocenters. The van der Waals surface area contributed by atoms with Crippen LogP contribution in [0.3, 0.4) is 0 Å². The number of fused-ring (bicyclic) bond motifs is 2. The van der Waals surface area contributed by atoms with Gasteiger partial charge in [0, 0.05) is 24.3 Å². The average molecular weight is 549 g/mol. The third kappa shape index (κ3) is 6.73. The molecule has 2 aromatic carbocycles. The lowest BCUT2D eigenvalue weighted by atomic mass is 9.83. The first-order chi connectivity index (χ1) is 19.2. The minimum absolute atomic E-state index is 0.0197. The zero-order chi connectivity index (χ0) is 28.8. The van der Waals surface area contributed by atoms with E-state index in [1.165, 1.54) is 7.11 Å². The number of cyclic esters (lactones) is 1. The maximum absolute atomic E-state index is 13.4. The molecule has 40 heavy (non-hydrogen) atoms. The van der Waals surface area contributed by atoms with E-state index >= 15 is 0 Å². The highest BCUT2D eigenvalue weighted by Gasteiger charge is 2.36. The summed E-state index contributed by atoms with van der Waals surface area (Å²) in [6, 6.07) is 6.90. The van der Waals surface area contributed by atoms with Crippen LogP contribution in [0, 0.1) is 0 Å². The van der Waals surface area contributed by atoms with Crippen molar-refractivity contribution in [1.29, 1.82) is 0 Å². The van der Waals surface area contributed by atoms with E-state index in [2.05, 4.69) is 6.58 Å². The van der Waals surface area contributed by atoms with Crippen LogP contribution >= 0.6 is 0 Å². The van der Waals surface area contributed by atoms with E-state index in [-0.39, 0.29) is 29.3 Å². The van der Waals surface area contributed by atoms with Crippen LogP contribution in [-0.2, 0) is 14.3 Å². The Bertz CT molecular complexity index is 1340. The average Bonchev–Trinajstić information content (AvgIpc) is 2.90. The number of esters is 2. The summed E-state index contributed by atoms with van der Waals surface area (Å²) in [7, 11) is 1.52. The van der Waals surface area contributed by atoms with E-state index in [4.69, 9.17) is 18.9 Å². The second-order valence-corrected chi connectivity index (χ2v) is 10.4. The molecule has 0 fully saturated rings. The SMILES string of the molecule is C=C(C)COc1ccc(C2CC(=O)Oc3cc4c(c(O)c32)C(=O)OC(C)CCCC(=O)CCC/C=C/4)cc1OC. The monoisotopic (exact) mass is 548 g/mol. The molecule has 2 unspecified atom stereocenters. The number of aromatic hydroxyl groups is 1. The molecule has 8 heteroatoms. The third-order valence-electron chi connectivity index (χ3n) is 7.04. The normalized spacial score (nSPS) is 20.7. The summed E-state index contributed by atoms with van der Waals surface area (Å²) < 4.78 is 22.6. The zero-order valence-corrected chi connectivity index (χ0v) is 23.3. The Balaban J connectivity index is 1.78. The van der Waals surface area contributed by atoms with Crippen LogP contribution in [0.25, 0.3) is 6.08 Å². The lowest BCUT2D eigenvalue weighted by molar-refractivity contribution is -0.135. The Hall–Kier alpha value is -4.07. The molecule has 0 aliphatic carbocycles. The molecule has 2 aromatic rings. The molecule has 2 aliphatic rings. The summed E-state index contributed by atoms with van der Waals surface area (Å²) in [5.74, 6) is -0.653. The molecule has 2 aliphatic heterocycles. The number of ether oxygens (including phenoxy) is 4. The molecule has 4 rings (SSSR count). The summed E-state index contributed by atoms with van der Waals surface area (Å²) in [4.78, 5) is 38.2. The fraction of sp³-hybridized carbons (Fsp3) is 0.406. The van der Waals surface area contributed by atoms with Gasteiger partial charge < -0.3 is 24.1 Å². The molecule has 212 valence electrons. The number of carbonyl (C=O) groups excluding carboxylic acids is 3. The number of allylic oxidation sites excluding steroid dienone is 1. The van der Waals surface area contributed by atoms with E-state index in [0.29, 0.717) is 73.3 Å². The first-order valence-corrected chi connectivity index (χ1v) is 13.6. The Morgan fingerprint density at radius 1 is 1.12 bits per heavy atom. The quantitative estimate of drug-likeness (QED) is 0.264. The van der Waals surface area contributed by atoms with Crippen molar-refractivity contribution in [3.8, 4) is 23.0 Å². The molecular weight excluding hydrogens is 512 g/mol. The highest BCUT2D eigenvalue weighted by Crippen LogP contribution is 2.48. The van der Waals surface area contributed by atoms with Gasteiger partial charge in [-0.15, -0.1) is 0 Å². The van der Waals surface area contributed by atoms with Crippen molar-refractivity contribution in [2.75, 3.05) is 13.7 Å². The second kappa shape index (κ2) is 12.9. The van der Waals surface area contributed by atoms with Crippen molar-refractivity contribution in [3.05, 3.63) is 64.7 Å². The minimum Gasteiger partial charge on any atom is -0.507 e. The number of phenols is 1. The van der Waals surface area contributed by atoms with Crippen LogP contribution in [0.1, 0.15) is 91.8 Å². The predicted octanol–water partition coefficient (Wildman–Crippen LogP) is 6.28. The number of hydrogen-bond acceptors (Lipinski definition) is 8. The highest BCUT2D eigenvalue weighted by molar-refractivity contribution is 5.98. The molecule has 8 nitrogen and oxygen atoms in total. The van der Waals surface area contributed by atoms with Gasteiger partial charge in [-0.2, -0.15) is 0 Å². The van der Waals surface area contributed by atoms with Gasteiger partial charge in [-0.25, -0.2) is 4.79 Å². The topological polar surface area (TPSA) is 108 Å². The van der Waals surface area contributed by atoms with Crippen molar-refractivity contribution >= 4 is 23.8 Å². The number of carbonyl (C=O) groups is 3. The van der Waals surface area contributed by atoms with E-state index in [0.717, 1.165) is 5.57 Å². The number of Topliss-reactive ketones (excluding diaryl/α,β-unsaturated/α-hetero) is 1. The molecule has 2 heterocycles. The van der Waals surface area contributed by atoms with Gasteiger partial charge in [0.05, 0.1) is 19.6 Å². The Kier molecular flexibility index (Phi) is 9.30. The number of benzene rings is 2. The maximum atomic E-state index is 13.4. The fourth-order valence-corrected chi connectivity index (χ4v) is 5.02. The summed E-state index contributed by atoms with van der Waals surface area (Å²) in [6.07, 6.45) is 6.47. The molecule has 0 spiro atoms. The predicted molar refractivity (Wildman–Crippen MR) is 150 cm³/mol. The van der Waals surface area contributed by atoms with Gasteiger partial charge in [-0.05, 0) is 74.4 Å². The van der Waals surface area contributed by atoms with Gasteiger partial charge in [0.2, 0.25) is 0 Å². The lowest BCUT2D eigenvalue weighted by Gasteiger charge is -2.28. The maximum Gasteiger partial charge on any atom is 0.342 e. The van der Waals surface area contributed by atoms with Crippen LogP contribution in [0.2, 0.25) is 0 Å². The summed E-state index contributed by atoms with van der Waals surface area (Å²) in [6.45, 7) is 7.80. The fourth-order valence-electron chi connectivity index (χ4n) is 5.02. The van der Waals surface area contributed by atoms with Gasteiger partial charge in [-0.1, -0.05) is 24.8 Å². The van der Waals surface area contributed by atoms with Crippen LogP contribution in [-0.4, -0.2) is 42.6 Å². The van der Waals surface area contributed by atoms with Crippen LogP contribution in [0.15, 0.2) is 42.5 Å². The number of methoxy groups -OCH3 is 1. The number of ketones is 1. The van der Waals surface area contributed by atoms with Crippen molar-refractivity contribution < 1.29 is 38.4 Å².